The lowest BCUT2D eigenvalue weighted by Gasteiger charge is -2.32. The van der Waals surface area contributed by atoms with E-state index in [1.165, 1.54) is 5.69 Å². The average molecular weight is 305 g/mol. The van der Waals surface area contributed by atoms with Crippen molar-refractivity contribution in [2.24, 2.45) is 5.73 Å². The predicted molar refractivity (Wildman–Crippen MR) is 88.9 cm³/mol. The average Bonchev–Trinajstić information content (AvgIpc) is 2.45. The highest BCUT2D eigenvalue weighted by Crippen LogP contribution is 2.20. The fourth-order valence-corrected chi connectivity index (χ4v) is 2.47. The van der Waals surface area contributed by atoms with Crippen LogP contribution in [0.5, 0.6) is 0 Å². The second kappa shape index (κ2) is 7.01. The van der Waals surface area contributed by atoms with Crippen LogP contribution in [0.15, 0.2) is 24.3 Å². The van der Waals surface area contributed by atoms with Crippen LogP contribution in [0.25, 0.3) is 0 Å². The summed E-state index contributed by atoms with van der Waals surface area (Å²) in [5.74, 6) is 0. The first-order chi connectivity index (χ1) is 10.3. The van der Waals surface area contributed by atoms with E-state index in [0.29, 0.717) is 12.6 Å². The lowest BCUT2D eigenvalue weighted by atomic mass is 10.1. The molecule has 1 aromatic carbocycles. The zero-order chi connectivity index (χ0) is 16.2. The Morgan fingerprint density at radius 1 is 1.27 bits per heavy atom. The van der Waals surface area contributed by atoms with Crippen molar-refractivity contribution in [2.45, 2.75) is 51.8 Å². The van der Waals surface area contributed by atoms with Gasteiger partial charge in [-0.05, 0) is 51.3 Å². The zero-order valence-electron chi connectivity index (χ0n) is 13.8. The van der Waals surface area contributed by atoms with Gasteiger partial charge in [0, 0.05) is 31.4 Å². The molecule has 0 spiro atoms. The quantitative estimate of drug-likeness (QED) is 0.901. The third-order valence-electron chi connectivity index (χ3n) is 3.68. The van der Waals surface area contributed by atoms with E-state index in [-0.39, 0.29) is 6.09 Å². The zero-order valence-corrected chi connectivity index (χ0v) is 13.8. The normalized spacial score (nSPS) is 16.5. The number of carbonyl (C=O) groups is 1. The van der Waals surface area contributed by atoms with Crippen LogP contribution < -0.4 is 16.0 Å². The molecule has 1 amide bonds. The standard InChI is InChI=1S/C17H27N3O2/c1-17(2,3)22-16(21)19-12-13-4-6-15(7-5-13)20-10-8-14(18)9-11-20/h4-7,14H,8-12,18H2,1-3H3,(H,19,21). The van der Waals surface area contributed by atoms with Gasteiger partial charge in [-0.2, -0.15) is 0 Å². The first kappa shape index (κ1) is 16.6. The Morgan fingerprint density at radius 3 is 2.41 bits per heavy atom. The smallest absolute Gasteiger partial charge is 0.407 e. The molecule has 0 radical (unpaired) electrons. The summed E-state index contributed by atoms with van der Waals surface area (Å²) in [5, 5.41) is 2.77. The monoisotopic (exact) mass is 305 g/mol. The molecule has 1 aliphatic heterocycles. The fourth-order valence-electron chi connectivity index (χ4n) is 2.47. The van der Waals surface area contributed by atoms with Crippen molar-refractivity contribution < 1.29 is 9.53 Å². The number of amides is 1. The van der Waals surface area contributed by atoms with Gasteiger partial charge in [-0.3, -0.25) is 0 Å². The maximum Gasteiger partial charge on any atom is 0.407 e. The van der Waals surface area contributed by atoms with Crippen LogP contribution >= 0.6 is 0 Å². The molecule has 1 aromatic rings. The number of benzene rings is 1. The van der Waals surface area contributed by atoms with E-state index >= 15 is 0 Å². The number of anilines is 1. The molecule has 22 heavy (non-hydrogen) atoms. The molecule has 0 aliphatic carbocycles. The molecule has 1 aliphatic rings. The molecule has 1 saturated heterocycles. The van der Waals surface area contributed by atoms with E-state index in [0.717, 1.165) is 31.5 Å². The Labute approximate surface area is 132 Å². The van der Waals surface area contributed by atoms with Crippen molar-refractivity contribution >= 4 is 11.8 Å². The number of hydrogen-bond acceptors (Lipinski definition) is 4. The SMILES string of the molecule is CC(C)(C)OC(=O)NCc1ccc(N2CCC(N)CC2)cc1. The second-order valence-corrected chi connectivity index (χ2v) is 6.85. The fraction of sp³-hybridized carbons (Fsp3) is 0.588. The highest BCUT2D eigenvalue weighted by molar-refractivity contribution is 5.67. The van der Waals surface area contributed by atoms with Gasteiger partial charge in [-0.15, -0.1) is 0 Å². The van der Waals surface area contributed by atoms with Crippen molar-refractivity contribution in [1.29, 1.82) is 0 Å². The molecule has 0 atom stereocenters. The molecular formula is C17H27N3O2. The number of carbonyl (C=O) groups excluding carboxylic acids is 1. The van der Waals surface area contributed by atoms with E-state index in [4.69, 9.17) is 10.5 Å². The molecule has 1 fully saturated rings. The lowest BCUT2D eigenvalue weighted by molar-refractivity contribution is 0.0523. The minimum Gasteiger partial charge on any atom is -0.444 e. The van der Waals surface area contributed by atoms with Crippen LogP contribution in [0, 0.1) is 0 Å². The third kappa shape index (κ3) is 5.22. The number of ether oxygens (including phenoxy) is 1. The number of nitrogens with zero attached hydrogens (tertiary/aromatic N) is 1. The van der Waals surface area contributed by atoms with Gasteiger partial charge >= 0.3 is 6.09 Å². The minimum absolute atomic E-state index is 0.341. The van der Waals surface area contributed by atoms with Gasteiger partial charge in [0.1, 0.15) is 5.60 Å². The molecule has 5 nitrogen and oxygen atoms in total. The van der Waals surface area contributed by atoms with Crippen LogP contribution in [0.3, 0.4) is 0 Å². The van der Waals surface area contributed by atoms with E-state index in [1.54, 1.807) is 0 Å². The second-order valence-electron chi connectivity index (χ2n) is 6.85. The number of hydrogen-bond donors (Lipinski definition) is 2. The van der Waals surface area contributed by atoms with Crippen LogP contribution in [0.2, 0.25) is 0 Å². The van der Waals surface area contributed by atoms with Crippen LogP contribution in [-0.4, -0.2) is 30.8 Å². The maximum atomic E-state index is 11.6. The highest BCUT2D eigenvalue weighted by atomic mass is 16.6. The first-order valence-electron chi connectivity index (χ1n) is 7.90. The number of nitrogens with two attached hydrogens (primary N) is 1. The number of alkyl carbamates (subject to hydrolysis) is 1. The van der Waals surface area contributed by atoms with Gasteiger partial charge in [-0.25, -0.2) is 4.79 Å². The molecule has 2 rings (SSSR count). The molecule has 0 aromatic heterocycles. The van der Waals surface area contributed by atoms with Gasteiger partial charge in [0.2, 0.25) is 0 Å². The molecule has 5 heteroatoms. The van der Waals surface area contributed by atoms with Crippen molar-refractivity contribution in [3.05, 3.63) is 29.8 Å². The maximum absolute atomic E-state index is 11.6. The van der Waals surface area contributed by atoms with E-state index < -0.39 is 5.60 Å². The predicted octanol–water partition coefficient (Wildman–Crippen LogP) is 2.64. The van der Waals surface area contributed by atoms with E-state index in [1.807, 2.05) is 32.9 Å². The molecule has 122 valence electrons. The topological polar surface area (TPSA) is 67.6 Å². The van der Waals surface area contributed by atoms with Crippen LogP contribution in [0.4, 0.5) is 10.5 Å². The van der Waals surface area contributed by atoms with E-state index in [9.17, 15) is 4.79 Å². The summed E-state index contributed by atoms with van der Waals surface area (Å²) in [4.78, 5) is 14.0. The summed E-state index contributed by atoms with van der Waals surface area (Å²) >= 11 is 0. The minimum atomic E-state index is -0.469. The number of piperidine rings is 1. The Bertz CT molecular complexity index is 486. The van der Waals surface area contributed by atoms with Gasteiger partial charge in [-0.1, -0.05) is 12.1 Å². The third-order valence-corrected chi connectivity index (χ3v) is 3.68. The van der Waals surface area contributed by atoms with Crippen LogP contribution in [0.1, 0.15) is 39.2 Å². The summed E-state index contributed by atoms with van der Waals surface area (Å²) in [6.07, 6.45) is 1.70. The molecular weight excluding hydrogens is 278 g/mol. The Balaban J connectivity index is 1.83. The molecule has 0 saturated carbocycles. The number of rotatable bonds is 3. The lowest BCUT2D eigenvalue weighted by Crippen LogP contribution is -2.39. The van der Waals surface area contributed by atoms with Gasteiger partial charge in [0.05, 0.1) is 0 Å². The summed E-state index contributed by atoms with van der Waals surface area (Å²) in [5.41, 5.74) is 7.74. The van der Waals surface area contributed by atoms with Gasteiger partial charge in [0.25, 0.3) is 0 Å². The Hall–Kier alpha value is -1.75. The van der Waals surface area contributed by atoms with Crippen molar-refractivity contribution in [3.8, 4) is 0 Å². The summed E-state index contributed by atoms with van der Waals surface area (Å²) < 4.78 is 5.22. The van der Waals surface area contributed by atoms with Crippen molar-refractivity contribution in [1.82, 2.24) is 5.32 Å². The van der Waals surface area contributed by atoms with Crippen molar-refractivity contribution in [3.63, 3.8) is 0 Å². The molecule has 0 unspecified atom stereocenters. The molecule has 1 heterocycles. The number of nitrogens with one attached hydrogen (secondary N) is 1. The van der Waals surface area contributed by atoms with Gasteiger partial charge < -0.3 is 20.7 Å². The molecule has 0 bridgehead atoms. The van der Waals surface area contributed by atoms with Crippen LogP contribution in [-0.2, 0) is 11.3 Å². The van der Waals surface area contributed by atoms with Crippen molar-refractivity contribution in [2.75, 3.05) is 18.0 Å². The Kier molecular flexibility index (Phi) is 5.29. The van der Waals surface area contributed by atoms with Gasteiger partial charge in [0.15, 0.2) is 0 Å². The summed E-state index contributed by atoms with van der Waals surface area (Å²) in [6, 6.07) is 8.63. The van der Waals surface area contributed by atoms with E-state index in [2.05, 4.69) is 22.3 Å². The first-order valence-corrected chi connectivity index (χ1v) is 7.90. The summed E-state index contributed by atoms with van der Waals surface area (Å²) in [7, 11) is 0. The Morgan fingerprint density at radius 2 is 1.86 bits per heavy atom. The highest BCUT2D eigenvalue weighted by Gasteiger charge is 2.17. The largest absolute Gasteiger partial charge is 0.444 e. The molecule has 3 N–H and O–H groups in total. The summed E-state index contributed by atoms with van der Waals surface area (Å²) in [6.45, 7) is 8.05.